The molecule has 23 heavy (non-hydrogen) atoms. The second kappa shape index (κ2) is 6.56. The SMILES string of the molecule is O=C(NNC(=O)c1cnc(-c2ccccc2)nc1)C1=COCO1. The predicted molar refractivity (Wildman–Crippen MR) is 78.2 cm³/mol. The molecule has 2 heterocycles. The van der Waals surface area contributed by atoms with Gasteiger partial charge in [-0.05, 0) is 0 Å². The van der Waals surface area contributed by atoms with Crippen molar-refractivity contribution in [1.29, 1.82) is 0 Å². The van der Waals surface area contributed by atoms with Gasteiger partial charge in [0, 0.05) is 18.0 Å². The van der Waals surface area contributed by atoms with E-state index >= 15 is 0 Å². The monoisotopic (exact) mass is 312 g/mol. The van der Waals surface area contributed by atoms with Gasteiger partial charge in [0.15, 0.2) is 5.82 Å². The Hall–Kier alpha value is -3.42. The lowest BCUT2D eigenvalue weighted by Crippen LogP contribution is -2.42. The summed E-state index contributed by atoms with van der Waals surface area (Å²) in [4.78, 5) is 31.8. The van der Waals surface area contributed by atoms with Crippen LogP contribution in [-0.2, 0) is 14.3 Å². The van der Waals surface area contributed by atoms with Crippen molar-refractivity contribution in [2.24, 2.45) is 0 Å². The number of nitrogens with one attached hydrogen (secondary N) is 2. The fourth-order valence-corrected chi connectivity index (χ4v) is 1.79. The van der Waals surface area contributed by atoms with E-state index in [0.29, 0.717) is 5.82 Å². The van der Waals surface area contributed by atoms with Crippen LogP contribution in [0.3, 0.4) is 0 Å². The Kier molecular flexibility index (Phi) is 4.14. The third-order valence-electron chi connectivity index (χ3n) is 2.93. The molecule has 8 nitrogen and oxygen atoms in total. The smallest absolute Gasteiger partial charge is 0.308 e. The summed E-state index contributed by atoms with van der Waals surface area (Å²) in [6.45, 7) is -0.0223. The van der Waals surface area contributed by atoms with Crippen molar-refractivity contribution < 1.29 is 19.1 Å². The van der Waals surface area contributed by atoms with Gasteiger partial charge in [-0.25, -0.2) is 9.97 Å². The average molecular weight is 312 g/mol. The first-order valence-electron chi connectivity index (χ1n) is 6.67. The van der Waals surface area contributed by atoms with E-state index in [1.165, 1.54) is 18.7 Å². The average Bonchev–Trinajstić information content (AvgIpc) is 3.15. The summed E-state index contributed by atoms with van der Waals surface area (Å²) in [5.41, 5.74) is 5.50. The number of benzene rings is 1. The standard InChI is InChI=1S/C15H12N4O4/c20-14(18-19-15(21)12-8-22-9-23-12)11-6-16-13(17-7-11)10-4-2-1-3-5-10/h1-8H,9H2,(H,18,20)(H,19,21). The van der Waals surface area contributed by atoms with E-state index < -0.39 is 11.8 Å². The molecule has 0 fully saturated rings. The van der Waals surface area contributed by atoms with Crippen LogP contribution in [-0.4, -0.2) is 28.6 Å². The molecule has 1 aromatic heterocycles. The van der Waals surface area contributed by atoms with Gasteiger partial charge in [-0.1, -0.05) is 30.3 Å². The first-order chi connectivity index (χ1) is 11.2. The number of hydrogen-bond donors (Lipinski definition) is 2. The zero-order valence-corrected chi connectivity index (χ0v) is 11.9. The molecule has 1 aliphatic heterocycles. The van der Waals surface area contributed by atoms with E-state index in [1.807, 2.05) is 30.3 Å². The Labute approximate surface area is 131 Å². The zero-order valence-electron chi connectivity index (χ0n) is 11.9. The molecule has 116 valence electrons. The van der Waals surface area contributed by atoms with E-state index in [4.69, 9.17) is 9.47 Å². The second-order valence-corrected chi connectivity index (χ2v) is 4.48. The highest BCUT2D eigenvalue weighted by atomic mass is 16.7. The molecule has 0 saturated heterocycles. The molecule has 0 spiro atoms. The molecule has 3 rings (SSSR count). The quantitative estimate of drug-likeness (QED) is 0.811. The van der Waals surface area contributed by atoms with Crippen molar-refractivity contribution in [3.05, 3.63) is 60.3 Å². The first-order valence-corrected chi connectivity index (χ1v) is 6.67. The molecular formula is C15H12N4O4. The van der Waals surface area contributed by atoms with E-state index in [0.717, 1.165) is 5.56 Å². The van der Waals surface area contributed by atoms with Crippen molar-refractivity contribution in [3.8, 4) is 11.4 Å². The molecule has 0 aliphatic carbocycles. The van der Waals surface area contributed by atoms with Crippen molar-refractivity contribution in [1.82, 2.24) is 20.8 Å². The minimum absolute atomic E-state index is 0.0130. The Balaban J connectivity index is 1.60. The number of nitrogens with zero attached hydrogens (tertiary/aromatic N) is 2. The Bertz CT molecular complexity index is 744. The molecule has 8 heteroatoms. The zero-order chi connectivity index (χ0) is 16.1. The molecule has 2 aromatic rings. The topological polar surface area (TPSA) is 102 Å². The molecule has 1 aliphatic rings. The van der Waals surface area contributed by atoms with Gasteiger partial charge < -0.3 is 9.47 Å². The van der Waals surface area contributed by atoms with Crippen molar-refractivity contribution in [2.75, 3.05) is 6.79 Å². The summed E-state index contributed by atoms with van der Waals surface area (Å²) in [6, 6.07) is 9.37. The molecular weight excluding hydrogens is 300 g/mol. The first kappa shape index (κ1) is 14.5. The van der Waals surface area contributed by atoms with Gasteiger partial charge in [-0.15, -0.1) is 0 Å². The molecule has 2 N–H and O–H groups in total. The second-order valence-electron chi connectivity index (χ2n) is 4.48. The van der Waals surface area contributed by atoms with Gasteiger partial charge in [-0.2, -0.15) is 0 Å². The number of hydrogen-bond acceptors (Lipinski definition) is 6. The predicted octanol–water partition coefficient (Wildman–Crippen LogP) is 0.750. The lowest BCUT2D eigenvalue weighted by atomic mass is 10.2. The maximum atomic E-state index is 11.9. The van der Waals surface area contributed by atoms with Gasteiger partial charge in [0.05, 0.1) is 5.56 Å². The summed E-state index contributed by atoms with van der Waals surface area (Å²) in [7, 11) is 0. The van der Waals surface area contributed by atoms with Crippen molar-refractivity contribution >= 4 is 11.8 Å². The van der Waals surface area contributed by atoms with Crippen LogP contribution in [0.2, 0.25) is 0 Å². The summed E-state index contributed by atoms with van der Waals surface area (Å²) >= 11 is 0. The fraction of sp³-hybridized carbons (Fsp3) is 0.0667. The normalized spacial score (nSPS) is 12.6. The lowest BCUT2D eigenvalue weighted by Gasteiger charge is -2.07. The molecule has 0 atom stereocenters. The van der Waals surface area contributed by atoms with Crippen LogP contribution in [0.25, 0.3) is 11.4 Å². The molecule has 0 radical (unpaired) electrons. The molecule has 0 unspecified atom stereocenters. The van der Waals surface area contributed by atoms with E-state index in [9.17, 15) is 9.59 Å². The van der Waals surface area contributed by atoms with Crippen LogP contribution < -0.4 is 10.9 Å². The third kappa shape index (κ3) is 3.43. The van der Waals surface area contributed by atoms with Gasteiger partial charge in [0.1, 0.15) is 6.26 Å². The van der Waals surface area contributed by atoms with Crippen molar-refractivity contribution in [2.45, 2.75) is 0 Å². The highest BCUT2D eigenvalue weighted by Crippen LogP contribution is 2.13. The van der Waals surface area contributed by atoms with Gasteiger partial charge in [0.2, 0.25) is 12.6 Å². The van der Waals surface area contributed by atoms with Crippen LogP contribution in [0.5, 0.6) is 0 Å². The summed E-state index contributed by atoms with van der Waals surface area (Å²) in [5.74, 6) is -0.663. The largest absolute Gasteiger partial charge is 0.461 e. The number of carbonyl (C=O) groups is 2. The highest BCUT2D eigenvalue weighted by Gasteiger charge is 2.17. The molecule has 2 amide bonds. The molecule has 0 saturated carbocycles. The summed E-state index contributed by atoms with van der Waals surface area (Å²) in [6.07, 6.45) is 3.93. The van der Waals surface area contributed by atoms with Crippen molar-refractivity contribution in [3.63, 3.8) is 0 Å². The highest BCUT2D eigenvalue weighted by molar-refractivity contribution is 5.97. The number of rotatable bonds is 3. The van der Waals surface area contributed by atoms with Gasteiger partial charge >= 0.3 is 5.91 Å². The molecule has 1 aromatic carbocycles. The van der Waals surface area contributed by atoms with E-state index in [-0.39, 0.29) is 18.1 Å². The summed E-state index contributed by atoms with van der Waals surface area (Å²) in [5, 5.41) is 0. The number of amides is 2. The lowest BCUT2D eigenvalue weighted by molar-refractivity contribution is -0.121. The minimum Gasteiger partial charge on any atom is -0.461 e. The minimum atomic E-state index is -0.613. The van der Waals surface area contributed by atoms with Crippen LogP contribution in [0, 0.1) is 0 Å². The van der Waals surface area contributed by atoms with Gasteiger partial charge in [0.25, 0.3) is 5.91 Å². The fourth-order valence-electron chi connectivity index (χ4n) is 1.79. The van der Waals surface area contributed by atoms with Crippen LogP contribution in [0.1, 0.15) is 10.4 Å². The summed E-state index contributed by atoms with van der Waals surface area (Å²) < 4.78 is 9.62. The number of carbonyl (C=O) groups excluding carboxylic acids is 2. The Morgan fingerprint density at radius 1 is 1.00 bits per heavy atom. The van der Waals surface area contributed by atoms with E-state index in [1.54, 1.807) is 0 Å². The van der Waals surface area contributed by atoms with Crippen LogP contribution in [0.4, 0.5) is 0 Å². The Morgan fingerprint density at radius 2 is 1.70 bits per heavy atom. The Morgan fingerprint density at radius 3 is 2.35 bits per heavy atom. The van der Waals surface area contributed by atoms with E-state index in [2.05, 4.69) is 20.8 Å². The number of ether oxygens (including phenoxy) is 2. The maximum absolute atomic E-state index is 11.9. The van der Waals surface area contributed by atoms with Crippen LogP contribution in [0.15, 0.2) is 54.7 Å². The maximum Gasteiger partial charge on any atom is 0.308 e. The number of hydrazine groups is 1. The number of aromatic nitrogens is 2. The van der Waals surface area contributed by atoms with Crippen LogP contribution >= 0.6 is 0 Å². The third-order valence-corrected chi connectivity index (χ3v) is 2.93. The van der Waals surface area contributed by atoms with Gasteiger partial charge in [-0.3, -0.25) is 20.4 Å². The molecule has 0 bridgehead atoms.